The third-order valence-electron chi connectivity index (χ3n) is 3.09. The first-order valence-corrected chi connectivity index (χ1v) is 7.57. The molecule has 0 aliphatic rings. The molecule has 0 aliphatic carbocycles. The Labute approximate surface area is 109 Å². The molecule has 1 unspecified atom stereocenters. The molecule has 1 rings (SSSR count). The molecule has 1 aromatic carbocycles. The average molecular weight is 271 g/mol. The van der Waals surface area contributed by atoms with E-state index in [9.17, 15) is 8.42 Å². The number of benzene rings is 1. The van der Waals surface area contributed by atoms with Gasteiger partial charge in [0.25, 0.3) is 10.1 Å². The van der Waals surface area contributed by atoms with Crippen molar-refractivity contribution in [3.8, 4) is 0 Å². The maximum atomic E-state index is 10.8. The number of hydrogen-bond acceptors (Lipinski definition) is 3. The van der Waals surface area contributed by atoms with Gasteiger partial charge in [0.15, 0.2) is 0 Å². The summed E-state index contributed by atoms with van der Waals surface area (Å²) < 4.78 is 30.5. The fourth-order valence-corrected chi connectivity index (χ4v) is 2.04. The van der Waals surface area contributed by atoms with Gasteiger partial charge in [0.2, 0.25) is 0 Å². The molecule has 0 saturated heterocycles. The normalized spacial score (nSPS) is 15.3. The molecule has 102 valence electrons. The Morgan fingerprint density at radius 1 is 1.22 bits per heavy atom. The molecule has 0 saturated carbocycles. The van der Waals surface area contributed by atoms with E-state index in [2.05, 4.69) is 17.4 Å². The molecule has 5 heteroatoms. The molecule has 4 nitrogen and oxygen atoms in total. The van der Waals surface area contributed by atoms with Crippen molar-refractivity contribution >= 4 is 10.1 Å². The zero-order chi connectivity index (χ0) is 13.8. The van der Waals surface area contributed by atoms with Crippen molar-refractivity contribution in [2.45, 2.75) is 38.5 Å². The van der Waals surface area contributed by atoms with Gasteiger partial charge in [-0.25, -0.2) is 0 Å². The third-order valence-corrected chi connectivity index (χ3v) is 4.34. The highest BCUT2D eigenvalue weighted by atomic mass is 32.2. The van der Waals surface area contributed by atoms with Crippen LogP contribution in [0.25, 0.3) is 0 Å². The van der Waals surface area contributed by atoms with E-state index in [4.69, 9.17) is 4.55 Å². The van der Waals surface area contributed by atoms with Gasteiger partial charge in [0, 0.05) is 6.04 Å². The average Bonchev–Trinajstić information content (AvgIpc) is 2.28. The van der Waals surface area contributed by atoms with Crippen molar-refractivity contribution < 1.29 is 13.0 Å². The van der Waals surface area contributed by atoms with Gasteiger partial charge in [-0.2, -0.15) is 8.42 Å². The zero-order valence-corrected chi connectivity index (χ0v) is 11.9. The van der Waals surface area contributed by atoms with Gasteiger partial charge in [-0.3, -0.25) is 4.55 Å². The van der Waals surface area contributed by atoms with Crippen LogP contribution in [0.15, 0.2) is 24.3 Å². The number of aryl methyl sites for hydroxylation is 1. The third kappa shape index (κ3) is 4.76. The first-order chi connectivity index (χ1) is 8.30. The summed E-state index contributed by atoms with van der Waals surface area (Å²) >= 11 is 0. The van der Waals surface area contributed by atoms with E-state index < -0.39 is 15.4 Å². The monoisotopic (exact) mass is 271 g/mol. The van der Waals surface area contributed by atoms with Crippen LogP contribution in [0.3, 0.4) is 0 Å². The van der Waals surface area contributed by atoms with E-state index in [-0.39, 0.29) is 6.04 Å². The van der Waals surface area contributed by atoms with Crippen LogP contribution < -0.4 is 5.32 Å². The van der Waals surface area contributed by atoms with Crippen LogP contribution in [-0.4, -0.2) is 24.8 Å². The largest absolute Gasteiger partial charge is 0.310 e. The van der Waals surface area contributed by atoms with Crippen molar-refractivity contribution in [1.29, 1.82) is 0 Å². The van der Waals surface area contributed by atoms with Gasteiger partial charge in [-0.15, -0.1) is 0 Å². The fraction of sp³-hybridized carbons (Fsp3) is 0.538. The molecule has 0 fully saturated rings. The fourth-order valence-electron chi connectivity index (χ4n) is 1.63. The number of nitrogens with one attached hydrogen (secondary N) is 1. The molecule has 0 radical (unpaired) electrons. The van der Waals surface area contributed by atoms with Crippen LogP contribution in [0.5, 0.6) is 0 Å². The second-order valence-corrected chi connectivity index (χ2v) is 6.54. The molecule has 0 aromatic heterocycles. The lowest BCUT2D eigenvalue weighted by atomic mass is 10.1. The standard InChI is InChI=1S/C13H21NO3S/c1-10-4-6-13(7-5-10)12(3)14-9-8-11(2)18(15,16)17/h4-7,11-12,14H,8-9H2,1-3H3,(H,15,16,17)/t11?,12-/m0/s1. The van der Waals surface area contributed by atoms with Crippen molar-refractivity contribution in [3.63, 3.8) is 0 Å². The highest BCUT2D eigenvalue weighted by molar-refractivity contribution is 7.86. The van der Waals surface area contributed by atoms with Gasteiger partial charge in [-0.1, -0.05) is 29.8 Å². The molecule has 0 spiro atoms. The van der Waals surface area contributed by atoms with Crippen LogP contribution >= 0.6 is 0 Å². The molecule has 0 amide bonds. The first kappa shape index (κ1) is 15.1. The van der Waals surface area contributed by atoms with Crippen LogP contribution in [0, 0.1) is 6.92 Å². The minimum atomic E-state index is -3.91. The molecule has 0 aliphatic heterocycles. The van der Waals surface area contributed by atoms with Gasteiger partial charge in [-0.05, 0) is 39.3 Å². The second-order valence-electron chi connectivity index (χ2n) is 4.70. The quantitative estimate of drug-likeness (QED) is 0.779. The summed E-state index contributed by atoms with van der Waals surface area (Å²) in [5.74, 6) is 0. The van der Waals surface area contributed by atoms with Crippen LogP contribution in [-0.2, 0) is 10.1 Å². The number of rotatable bonds is 6. The lowest BCUT2D eigenvalue weighted by molar-refractivity contribution is 0.460. The van der Waals surface area contributed by atoms with E-state index in [1.807, 2.05) is 26.0 Å². The summed E-state index contributed by atoms with van der Waals surface area (Å²) in [6, 6.07) is 8.38. The Bertz CT molecular complexity index is 468. The predicted molar refractivity (Wildman–Crippen MR) is 73.2 cm³/mol. The topological polar surface area (TPSA) is 66.4 Å². The summed E-state index contributed by atoms with van der Waals surface area (Å²) in [5.41, 5.74) is 2.38. The summed E-state index contributed by atoms with van der Waals surface area (Å²) in [7, 11) is -3.91. The first-order valence-electron chi connectivity index (χ1n) is 6.07. The van der Waals surface area contributed by atoms with Crippen LogP contribution in [0.1, 0.15) is 37.4 Å². The molecule has 0 heterocycles. The molecule has 1 aromatic rings. The second kappa shape index (κ2) is 6.31. The summed E-state index contributed by atoms with van der Waals surface area (Å²) in [4.78, 5) is 0. The van der Waals surface area contributed by atoms with Gasteiger partial charge >= 0.3 is 0 Å². The zero-order valence-electron chi connectivity index (χ0n) is 11.1. The van der Waals surface area contributed by atoms with Crippen molar-refractivity contribution in [3.05, 3.63) is 35.4 Å². The van der Waals surface area contributed by atoms with E-state index in [0.29, 0.717) is 13.0 Å². The van der Waals surface area contributed by atoms with Crippen LogP contribution in [0.4, 0.5) is 0 Å². The summed E-state index contributed by atoms with van der Waals surface area (Å²) in [6.45, 7) is 6.13. The highest BCUT2D eigenvalue weighted by Crippen LogP contribution is 2.13. The molecule has 0 bridgehead atoms. The van der Waals surface area contributed by atoms with Gasteiger partial charge < -0.3 is 5.32 Å². The van der Waals surface area contributed by atoms with E-state index in [0.717, 1.165) is 0 Å². The SMILES string of the molecule is Cc1ccc([C@H](C)NCCC(C)S(=O)(=O)O)cc1. The summed E-state index contributed by atoms with van der Waals surface area (Å²) in [6.07, 6.45) is 0.398. The molecule has 18 heavy (non-hydrogen) atoms. The maximum Gasteiger partial charge on any atom is 0.267 e. The Morgan fingerprint density at radius 3 is 2.28 bits per heavy atom. The Hall–Kier alpha value is -0.910. The van der Waals surface area contributed by atoms with E-state index in [1.165, 1.54) is 18.1 Å². The lowest BCUT2D eigenvalue weighted by Gasteiger charge is -2.15. The molecule has 2 atom stereocenters. The Balaban J connectivity index is 2.42. The Morgan fingerprint density at radius 2 is 1.78 bits per heavy atom. The summed E-state index contributed by atoms with van der Waals surface area (Å²) in [5, 5.41) is 2.52. The molecule has 2 N–H and O–H groups in total. The molecular formula is C13H21NO3S. The Kier molecular flexibility index (Phi) is 5.31. The highest BCUT2D eigenvalue weighted by Gasteiger charge is 2.16. The van der Waals surface area contributed by atoms with E-state index in [1.54, 1.807) is 0 Å². The predicted octanol–water partition coefficient (Wildman–Crippen LogP) is 2.31. The minimum absolute atomic E-state index is 0.166. The van der Waals surface area contributed by atoms with E-state index >= 15 is 0 Å². The number of hydrogen-bond donors (Lipinski definition) is 2. The maximum absolute atomic E-state index is 10.8. The smallest absolute Gasteiger partial charge is 0.267 e. The van der Waals surface area contributed by atoms with Crippen molar-refractivity contribution in [1.82, 2.24) is 5.32 Å². The molecular weight excluding hydrogens is 250 g/mol. The van der Waals surface area contributed by atoms with Gasteiger partial charge in [0.05, 0.1) is 5.25 Å². The van der Waals surface area contributed by atoms with Crippen molar-refractivity contribution in [2.24, 2.45) is 0 Å². The minimum Gasteiger partial charge on any atom is -0.310 e. The van der Waals surface area contributed by atoms with Crippen molar-refractivity contribution in [2.75, 3.05) is 6.54 Å². The van der Waals surface area contributed by atoms with Gasteiger partial charge in [0.1, 0.15) is 0 Å². The van der Waals surface area contributed by atoms with Crippen LogP contribution in [0.2, 0.25) is 0 Å². The lowest BCUT2D eigenvalue weighted by Crippen LogP contribution is -2.26.